The number of hydrogen-bond donors (Lipinski definition) is 1. The van der Waals surface area contributed by atoms with Gasteiger partial charge in [0.25, 0.3) is 0 Å². The molecule has 1 aliphatic heterocycles. The summed E-state index contributed by atoms with van der Waals surface area (Å²) in [5.74, 6) is 0.636. The molecule has 4 rings (SSSR count). The zero-order valence-electron chi connectivity index (χ0n) is 12.3. The predicted octanol–water partition coefficient (Wildman–Crippen LogP) is 4.25. The Labute approximate surface area is 129 Å². The Morgan fingerprint density at radius 2 is 1.64 bits per heavy atom. The summed E-state index contributed by atoms with van der Waals surface area (Å²) in [6, 6.07) is 14.5. The van der Waals surface area contributed by atoms with Gasteiger partial charge in [0.15, 0.2) is 0 Å². The number of para-hydroxylation sites is 1. The Balaban J connectivity index is 1.95. The van der Waals surface area contributed by atoms with Crippen molar-refractivity contribution in [3.8, 4) is 5.75 Å². The fraction of sp³-hybridized carbons (Fsp3) is 0.263. The highest BCUT2D eigenvalue weighted by Crippen LogP contribution is 2.48. The van der Waals surface area contributed by atoms with E-state index in [0.29, 0.717) is 0 Å². The number of nitrogens with two attached hydrogens (primary N) is 1. The summed E-state index contributed by atoms with van der Waals surface area (Å²) in [6.07, 6.45) is 4.13. The molecule has 0 bridgehead atoms. The van der Waals surface area contributed by atoms with Crippen LogP contribution in [0.25, 0.3) is 5.57 Å². The van der Waals surface area contributed by atoms with E-state index in [4.69, 9.17) is 10.5 Å². The maximum Gasteiger partial charge on any atom is 0.149 e. The van der Waals surface area contributed by atoms with Gasteiger partial charge in [0.05, 0.1) is 5.70 Å². The summed E-state index contributed by atoms with van der Waals surface area (Å²) in [4.78, 5) is 0. The normalized spacial score (nSPS) is 19.1. The SMILES string of the molecule is NC1=C(c2ccc(F)cc2)c2ccccc2OC12CCCC2. The first kappa shape index (κ1) is 13.4. The first-order chi connectivity index (χ1) is 10.7. The van der Waals surface area contributed by atoms with Crippen LogP contribution in [-0.2, 0) is 0 Å². The van der Waals surface area contributed by atoms with Crippen molar-refractivity contribution in [2.24, 2.45) is 5.73 Å². The lowest BCUT2D eigenvalue weighted by Crippen LogP contribution is -2.42. The molecule has 2 aromatic rings. The van der Waals surface area contributed by atoms with Crippen molar-refractivity contribution in [1.29, 1.82) is 0 Å². The summed E-state index contributed by atoms with van der Waals surface area (Å²) in [5.41, 5.74) is 9.89. The van der Waals surface area contributed by atoms with Crippen molar-refractivity contribution in [1.82, 2.24) is 0 Å². The van der Waals surface area contributed by atoms with Crippen LogP contribution in [0.3, 0.4) is 0 Å². The zero-order valence-corrected chi connectivity index (χ0v) is 12.3. The lowest BCUT2D eigenvalue weighted by Gasteiger charge is -2.38. The summed E-state index contributed by atoms with van der Waals surface area (Å²) in [7, 11) is 0. The Morgan fingerprint density at radius 1 is 0.955 bits per heavy atom. The first-order valence-electron chi connectivity index (χ1n) is 7.74. The molecule has 1 saturated carbocycles. The molecule has 2 nitrogen and oxygen atoms in total. The molecule has 1 heterocycles. The third kappa shape index (κ3) is 1.92. The fourth-order valence-corrected chi connectivity index (χ4v) is 3.65. The van der Waals surface area contributed by atoms with Gasteiger partial charge in [-0.05, 0) is 49.4 Å². The van der Waals surface area contributed by atoms with Crippen LogP contribution >= 0.6 is 0 Å². The minimum atomic E-state index is -0.391. The highest BCUT2D eigenvalue weighted by atomic mass is 19.1. The molecule has 0 aromatic heterocycles. The molecule has 0 radical (unpaired) electrons. The van der Waals surface area contributed by atoms with E-state index in [2.05, 4.69) is 0 Å². The minimum Gasteiger partial charge on any atom is -0.480 e. The van der Waals surface area contributed by atoms with Crippen molar-refractivity contribution in [3.63, 3.8) is 0 Å². The molecule has 1 fully saturated rings. The Morgan fingerprint density at radius 3 is 2.36 bits per heavy atom. The van der Waals surface area contributed by atoms with Crippen LogP contribution in [0.15, 0.2) is 54.2 Å². The van der Waals surface area contributed by atoms with Crippen molar-refractivity contribution in [2.45, 2.75) is 31.3 Å². The molecule has 112 valence electrons. The molecule has 2 N–H and O–H groups in total. The van der Waals surface area contributed by atoms with Crippen LogP contribution in [0.4, 0.5) is 4.39 Å². The summed E-state index contributed by atoms with van der Waals surface area (Å²) in [5, 5.41) is 0. The van der Waals surface area contributed by atoms with Crippen LogP contribution in [-0.4, -0.2) is 5.60 Å². The molecule has 3 heteroatoms. The third-order valence-corrected chi connectivity index (χ3v) is 4.77. The van der Waals surface area contributed by atoms with Gasteiger partial charge in [-0.3, -0.25) is 0 Å². The van der Waals surface area contributed by atoms with Crippen molar-refractivity contribution >= 4 is 5.57 Å². The molecule has 1 spiro atoms. The molecule has 0 atom stereocenters. The Kier molecular flexibility index (Phi) is 2.96. The third-order valence-electron chi connectivity index (χ3n) is 4.77. The maximum absolute atomic E-state index is 13.3. The predicted molar refractivity (Wildman–Crippen MR) is 84.9 cm³/mol. The molecule has 0 saturated heterocycles. The fourth-order valence-electron chi connectivity index (χ4n) is 3.65. The Hall–Kier alpha value is -2.29. The van der Waals surface area contributed by atoms with Gasteiger partial charge in [-0.25, -0.2) is 4.39 Å². The van der Waals surface area contributed by atoms with Crippen molar-refractivity contribution in [2.75, 3.05) is 0 Å². The number of benzene rings is 2. The topological polar surface area (TPSA) is 35.2 Å². The van der Waals surface area contributed by atoms with Gasteiger partial charge in [-0.15, -0.1) is 0 Å². The average molecular weight is 295 g/mol. The van der Waals surface area contributed by atoms with Gasteiger partial charge in [-0.1, -0.05) is 30.3 Å². The van der Waals surface area contributed by atoms with Crippen molar-refractivity contribution < 1.29 is 9.13 Å². The van der Waals surface area contributed by atoms with Crippen molar-refractivity contribution in [3.05, 3.63) is 71.2 Å². The zero-order chi connectivity index (χ0) is 15.2. The largest absolute Gasteiger partial charge is 0.480 e. The quantitative estimate of drug-likeness (QED) is 0.853. The molecular weight excluding hydrogens is 277 g/mol. The van der Waals surface area contributed by atoms with E-state index in [0.717, 1.165) is 53.8 Å². The molecule has 2 aromatic carbocycles. The van der Waals surface area contributed by atoms with Crippen LogP contribution in [0.5, 0.6) is 5.75 Å². The number of halogens is 1. The van der Waals surface area contributed by atoms with E-state index in [9.17, 15) is 4.39 Å². The van der Waals surface area contributed by atoms with Crippen LogP contribution in [0.1, 0.15) is 36.8 Å². The molecule has 1 aliphatic carbocycles. The molecule has 0 unspecified atom stereocenters. The van der Waals surface area contributed by atoms with E-state index < -0.39 is 5.60 Å². The Bertz CT molecular complexity index is 742. The van der Waals surface area contributed by atoms with E-state index in [-0.39, 0.29) is 5.82 Å². The maximum atomic E-state index is 13.3. The molecule has 22 heavy (non-hydrogen) atoms. The van der Waals surface area contributed by atoms with E-state index in [1.54, 1.807) is 12.1 Å². The monoisotopic (exact) mass is 295 g/mol. The standard InChI is InChI=1S/C19H18FNO/c20-14-9-7-13(8-10-14)17-15-5-1-2-6-16(15)22-19(18(17)21)11-3-4-12-19/h1-2,5-10H,3-4,11-12,21H2. The van der Waals surface area contributed by atoms with E-state index in [1.807, 2.05) is 24.3 Å². The highest BCUT2D eigenvalue weighted by molar-refractivity contribution is 5.87. The summed E-state index contributed by atoms with van der Waals surface area (Å²) < 4.78 is 19.6. The second kappa shape index (κ2) is 4.87. The number of fused-ring (bicyclic) bond motifs is 1. The molecule has 2 aliphatic rings. The van der Waals surface area contributed by atoms with Gasteiger partial charge >= 0.3 is 0 Å². The van der Waals surface area contributed by atoms with Crippen LogP contribution in [0, 0.1) is 5.82 Å². The number of rotatable bonds is 1. The second-order valence-corrected chi connectivity index (χ2v) is 6.10. The van der Waals surface area contributed by atoms with E-state index >= 15 is 0 Å². The summed E-state index contributed by atoms with van der Waals surface area (Å²) >= 11 is 0. The van der Waals surface area contributed by atoms with Gasteiger partial charge < -0.3 is 10.5 Å². The number of ether oxygens (including phenoxy) is 1. The minimum absolute atomic E-state index is 0.237. The molecule has 0 amide bonds. The first-order valence-corrected chi connectivity index (χ1v) is 7.74. The average Bonchev–Trinajstić information content (AvgIpc) is 2.99. The second-order valence-electron chi connectivity index (χ2n) is 6.10. The highest BCUT2D eigenvalue weighted by Gasteiger charge is 2.44. The van der Waals surface area contributed by atoms with Gasteiger partial charge in [0.2, 0.25) is 0 Å². The van der Waals surface area contributed by atoms with Crippen LogP contribution in [0.2, 0.25) is 0 Å². The lowest BCUT2D eigenvalue weighted by molar-refractivity contribution is 0.109. The van der Waals surface area contributed by atoms with Gasteiger partial charge in [0.1, 0.15) is 17.2 Å². The molecular formula is C19H18FNO. The van der Waals surface area contributed by atoms with Crippen LogP contribution < -0.4 is 10.5 Å². The number of hydrogen-bond acceptors (Lipinski definition) is 2. The van der Waals surface area contributed by atoms with E-state index in [1.165, 1.54) is 12.1 Å². The van der Waals surface area contributed by atoms with Gasteiger partial charge in [-0.2, -0.15) is 0 Å². The lowest BCUT2D eigenvalue weighted by atomic mass is 9.84. The smallest absolute Gasteiger partial charge is 0.149 e. The summed E-state index contributed by atoms with van der Waals surface area (Å²) in [6.45, 7) is 0. The van der Waals surface area contributed by atoms with Gasteiger partial charge in [0, 0.05) is 11.1 Å².